The SMILES string of the molecule is CCc1ccc(N(C)C(=O)c2cc3c(NC(=O)CF)cccc3[nH]c2=O)cc1. The molecule has 0 unspecified atom stereocenters. The number of halogens is 1. The van der Waals surface area contributed by atoms with Crippen LogP contribution in [0.2, 0.25) is 0 Å². The quantitative estimate of drug-likeness (QED) is 0.712. The maximum Gasteiger partial charge on any atom is 0.263 e. The third-order valence-electron chi connectivity index (χ3n) is 4.55. The highest BCUT2D eigenvalue weighted by molar-refractivity contribution is 6.09. The summed E-state index contributed by atoms with van der Waals surface area (Å²) in [5, 5.41) is 2.88. The van der Waals surface area contributed by atoms with Crippen molar-refractivity contribution in [1.82, 2.24) is 4.98 Å². The van der Waals surface area contributed by atoms with Crippen molar-refractivity contribution in [3.8, 4) is 0 Å². The summed E-state index contributed by atoms with van der Waals surface area (Å²) in [5.41, 5.74) is 1.94. The standard InChI is InChI=1S/C21H20FN3O3/c1-3-13-7-9-14(10-8-13)25(2)21(28)16-11-15-17(23-19(26)12-22)5-4-6-18(15)24-20(16)27/h4-11H,3,12H2,1-2H3,(H,23,26)(H,24,27). The highest BCUT2D eigenvalue weighted by atomic mass is 19.1. The minimum atomic E-state index is -1.16. The second-order valence-corrected chi connectivity index (χ2v) is 6.34. The molecule has 0 saturated carbocycles. The van der Waals surface area contributed by atoms with Crippen molar-refractivity contribution >= 4 is 34.1 Å². The molecule has 2 amide bonds. The first kappa shape index (κ1) is 19.3. The van der Waals surface area contributed by atoms with Crippen molar-refractivity contribution in [1.29, 1.82) is 0 Å². The maximum absolute atomic E-state index is 12.9. The zero-order valence-electron chi connectivity index (χ0n) is 15.6. The van der Waals surface area contributed by atoms with Crippen LogP contribution in [0.1, 0.15) is 22.8 Å². The molecule has 0 saturated heterocycles. The third kappa shape index (κ3) is 3.78. The third-order valence-corrected chi connectivity index (χ3v) is 4.55. The smallest absolute Gasteiger partial charge is 0.263 e. The highest BCUT2D eigenvalue weighted by Gasteiger charge is 2.19. The lowest BCUT2D eigenvalue weighted by atomic mass is 10.1. The van der Waals surface area contributed by atoms with Crippen LogP contribution < -0.4 is 15.8 Å². The molecule has 0 aliphatic rings. The first-order valence-electron chi connectivity index (χ1n) is 8.83. The van der Waals surface area contributed by atoms with Crippen molar-refractivity contribution in [2.24, 2.45) is 0 Å². The lowest BCUT2D eigenvalue weighted by molar-refractivity contribution is -0.117. The lowest BCUT2D eigenvalue weighted by Crippen LogP contribution is -2.31. The number of carbonyl (C=O) groups excluding carboxylic acids is 2. The van der Waals surface area contributed by atoms with E-state index < -0.39 is 24.0 Å². The molecule has 3 aromatic rings. The molecule has 0 atom stereocenters. The van der Waals surface area contributed by atoms with Crippen LogP contribution in [-0.2, 0) is 11.2 Å². The van der Waals surface area contributed by atoms with E-state index in [-0.39, 0.29) is 5.56 Å². The van der Waals surface area contributed by atoms with E-state index in [4.69, 9.17) is 0 Å². The van der Waals surface area contributed by atoms with Crippen LogP contribution in [0.5, 0.6) is 0 Å². The number of aromatic amines is 1. The van der Waals surface area contributed by atoms with Crippen molar-refractivity contribution in [2.75, 3.05) is 23.9 Å². The van der Waals surface area contributed by atoms with Gasteiger partial charge < -0.3 is 15.2 Å². The van der Waals surface area contributed by atoms with Crippen LogP contribution in [-0.4, -0.2) is 30.5 Å². The number of fused-ring (bicyclic) bond motifs is 1. The monoisotopic (exact) mass is 381 g/mol. The van der Waals surface area contributed by atoms with E-state index in [0.29, 0.717) is 22.3 Å². The van der Waals surface area contributed by atoms with Crippen molar-refractivity contribution in [2.45, 2.75) is 13.3 Å². The lowest BCUT2D eigenvalue weighted by Gasteiger charge is -2.18. The van der Waals surface area contributed by atoms with Gasteiger partial charge in [-0.3, -0.25) is 14.4 Å². The zero-order chi connectivity index (χ0) is 20.3. The number of aromatic nitrogens is 1. The summed E-state index contributed by atoms with van der Waals surface area (Å²) in [6.07, 6.45) is 0.885. The number of anilines is 2. The predicted molar refractivity (Wildman–Crippen MR) is 108 cm³/mol. The summed E-state index contributed by atoms with van der Waals surface area (Å²) in [6.45, 7) is 0.875. The number of hydrogen-bond acceptors (Lipinski definition) is 3. The molecule has 1 heterocycles. The second-order valence-electron chi connectivity index (χ2n) is 6.34. The summed E-state index contributed by atoms with van der Waals surface area (Å²) >= 11 is 0. The molecule has 7 heteroatoms. The van der Waals surface area contributed by atoms with Gasteiger partial charge in [0, 0.05) is 18.1 Å². The van der Waals surface area contributed by atoms with Crippen LogP contribution in [0.3, 0.4) is 0 Å². The van der Waals surface area contributed by atoms with Crippen LogP contribution >= 0.6 is 0 Å². The average molecular weight is 381 g/mol. The van der Waals surface area contributed by atoms with Gasteiger partial charge in [-0.25, -0.2) is 4.39 Å². The van der Waals surface area contributed by atoms with Crippen molar-refractivity contribution in [3.05, 3.63) is 70.0 Å². The van der Waals surface area contributed by atoms with Crippen molar-refractivity contribution in [3.63, 3.8) is 0 Å². The van der Waals surface area contributed by atoms with Crippen LogP contribution in [0.15, 0.2) is 53.3 Å². The predicted octanol–water partition coefficient (Wildman–Crippen LogP) is 3.28. The number of benzene rings is 2. The molecule has 2 N–H and O–H groups in total. The molecule has 6 nitrogen and oxygen atoms in total. The Bertz CT molecular complexity index is 1090. The van der Waals surface area contributed by atoms with Crippen LogP contribution in [0.25, 0.3) is 10.9 Å². The fourth-order valence-electron chi connectivity index (χ4n) is 2.93. The number of amides is 2. The first-order valence-corrected chi connectivity index (χ1v) is 8.83. The topological polar surface area (TPSA) is 82.3 Å². The molecule has 0 spiro atoms. The molecule has 28 heavy (non-hydrogen) atoms. The van der Waals surface area contributed by atoms with Gasteiger partial charge in [-0.05, 0) is 42.3 Å². The number of pyridine rings is 1. The Hall–Kier alpha value is -3.48. The molecule has 0 aliphatic carbocycles. The van der Waals surface area contributed by atoms with Crippen molar-refractivity contribution < 1.29 is 14.0 Å². The van der Waals surface area contributed by atoms with E-state index in [1.54, 1.807) is 25.2 Å². The highest BCUT2D eigenvalue weighted by Crippen LogP contribution is 2.23. The summed E-state index contributed by atoms with van der Waals surface area (Å²) in [6, 6.07) is 13.7. The fraction of sp³-hybridized carbons (Fsp3) is 0.190. The number of rotatable bonds is 5. The van der Waals surface area contributed by atoms with E-state index in [9.17, 15) is 18.8 Å². The van der Waals surface area contributed by atoms with E-state index in [1.807, 2.05) is 31.2 Å². The largest absolute Gasteiger partial charge is 0.323 e. The Morgan fingerprint density at radius 3 is 2.50 bits per heavy atom. The van der Waals surface area contributed by atoms with E-state index >= 15 is 0 Å². The van der Waals surface area contributed by atoms with E-state index in [0.717, 1.165) is 12.0 Å². The minimum Gasteiger partial charge on any atom is -0.323 e. The molecule has 1 aromatic heterocycles. The van der Waals surface area contributed by atoms with Gasteiger partial charge >= 0.3 is 0 Å². The fourth-order valence-corrected chi connectivity index (χ4v) is 2.93. The van der Waals surface area contributed by atoms with Gasteiger partial charge in [0.05, 0.1) is 11.2 Å². The normalized spacial score (nSPS) is 10.7. The Morgan fingerprint density at radius 1 is 1.14 bits per heavy atom. The van der Waals surface area contributed by atoms with Crippen LogP contribution in [0, 0.1) is 0 Å². The minimum absolute atomic E-state index is 0.0727. The van der Waals surface area contributed by atoms with E-state index in [2.05, 4.69) is 10.3 Å². The van der Waals surface area contributed by atoms with Crippen LogP contribution in [0.4, 0.5) is 15.8 Å². The Balaban J connectivity index is 2.02. The molecule has 0 bridgehead atoms. The molecule has 2 aromatic carbocycles. The average Bonchev–Trinajstić information content (AvgIpc) is 2.72. The molecule has 144 valence electrons. The van der Waals surface area contributed by atoms with Gasteiger partial charge in [-0.15, -0.1) is 0 Å². The molecule has 0 aliphatic heterocycles. The van der Waals surface area contributed by atoms with Gasteiger partial charge in [0.2, 0.25) is 0 Å². The molecule has 0 radical (unpaired) electrons. The molecular formula is C21H20FN3O3. The summed E-state index contributed by atoms with van der Waals surface area (Å²) in [4.78, 5) is 40.8. The summed E-state index contributed by atoms with van der Waals surface area (Å²) in [5.74, 6) is -1.29. The zero-order valence-corrected chi connectivity index (χ0v) is 15.6. The second kappa shape index (κ2) is 8.04. The maximum atomic E-state index is 12.9. The van der Waals surface area contributed by atoms with Gasteiger partial charge in [0.25, 0.3) is 17.4 Å². The first-order chi connectivity index (χ1) is 13.4. The van der Waals surface area contributed by atoms with Gasteiger partial charge in [-0.1, -0.05) is 25.1 Å². The number of H-pyrrole nitrogens is 1. The molecule has 3 rings (SSSR count). The Morgan fingerprint density at radius 2 is 1.86 bits per heavy atom. The molecular weight excluding hydrogens is 361 g/mol. The Labute approximate surface area is 161 Å². The Kier molecular flexibility index (Phi) is 5.54. The van der Waals surface area contributed by atoms with Gasteiger partial charge in [0.15, 0.2) is 6.67 Å². The number of nitrogens with zero attached hydrogens (tertiary/aromatic N) is 1. The van der Waals surface area contributed by atoms with E-state index in [1.165, 1.54) is 11.0 Å². The molecule has 0 fully saturated rings. The number of carbonyl (C=O) groups is 2. The van der Waals surface area contributed by atoms with Gasteiger partial charge in [-0.2, -0.15) is 0 Å². The number of nitrogens with one attached hydrogen (secondary N) is 2. The summed E-state index contributed by atoms with van der Waals surface area (Å²) in [7, 11) is 1.59. The number of alkyl halides is 1. The number of aryl methyl sites for hydroxylation is 1. The van der Waals surface area contributed by atoms with Gasteiger partial charge in [0.1, 0.15) is 5.56 Å². The summed E-state index contributed by atoms with van der Waals surface area (Å²) < 4.78 is 12.6. The number of hydrogen-bond donors (Lipinski definition) is 2.